The molecule has 0 radical (unpaired) electrons. The average Bonchev–Trinajstić information content (AvgIpc) is 2.83. The summed E-state index contributed by atoms with van der Waals surface area (Å²) < 4.78 is 13.9. The predicted molar refractivity (Wildman–Crippen MR) is 140 cm³/mol. The van der Waals surface area contributed by atoms with Gasteiger partial charge in [0.2, 0.25) is 0 Å². The number of thiocarbonyl (C=S) groups is 1. The summed E-state index contributed by atoms with van der Waals surface area (Å²) in [7, 11) is 0. The van der Waals surface area contributed by atoms with E-state index >= 15 is 0 Å². The van der Waals surface area contributed by atoms with Crippen LogP contribution in [0, 0.1) is 12.7 Å². The fourth-order valence-electron chi connectivity index (χ4n) is 3.86. The summed E-state index contributed by atoms with van der Waals surface area (Å²) in [5.41, 5.74) is 3.99. The van der Waals surface area contributed by atoms with Gasteiger partial charge in [-0.1, -0.05) is 35.9 Å². The van der Waals surface area contributed by atoms with Crippen molar-refractivity contribution in [3.8, 4) is 0 Å². The molecular formula is C26H26ClFN4OS. The van der Waals surface area contributed by atoms with Gasteiger partial charge in [-0.3, -0.25) is 15.0 Å². The molecule has 0 bridgehead atoms. The molecule has 1 fully saturated rings. The minimum atomic E-state index is -0.315. The van der Waals surface area contributed by atoms with E-state index in [1.807, 2.05) is 43.3 Å². The first-order chi connectivity index (χ1) is 16.4. The third-order valence-electron chi connectivity index (χ3n) is 5.88. The smallest absolute Gasteiger partial charge is 0.257 e. The number of piperazine rings is 1. The third-order valence-corrected chi connectivity index (χ3v) is 6.49. The van der Waals surface area contributed by atoms with Gasteiger partial charge in [-0.25, -0.2) is 4.39 Å². The summed E-state index contributed by atoms with van der Waals surface area (Å²) in [6.07, 6.45) is 0. The van der Waals surface area contributed by atoms with Crippen LogP contribution in [0.2, 0.25) is 5.02 Å². The molecule has 3 aromatic carbocycles. The van der Waals surface area contributed by atoms with Crippen LogP contribution in [-0.2, 0) is 6.54 Å². The molecule has 4 rings (SSSR count). The summed E-state index contributed by atoms with van der Waals surface area (Å²) in [6, 6.07) is 20.0. The number of benzene rings is 3. The number of hydrogen-bond acceptors (Lipinski definition) is 4. The molecule has 1 heterocycles. The number of nitrogens with one attached hydrogen (secondary N) is 2. The van der Waals surface area contributed by atoms with E-state index in [4.69, 9.17) is 23.8 Å². The lowest BCUT2D eigenvalue weighted by molar-refractivity contribution is 0.0977. The van der Waals surface area contributed by atoms with E-state index in [1.165, 1.54) is 6.07 Å². The molecule has 34 heavy (non-hydrogen) atoms. The molecule has 5 nitrogen and oxygen atoms in total. The van der Waals surface area contributed by atoms with Crippen LogP contribution in [0.5, 0.6) is 0 Å². The summed E-state index contributed by atoms with van der Waals surface area (Å²) in [5, 5.41) is 6.48. The Balaban J connectivity index is 1.27. The number of carbonyl (C=O) groups excluding carboxylic acids is 1. The number of amides is 1. The first kappa shape index (κ1) is 24.1. The molecule has 176 valence electrons. The zero-order valence-corrected chi connectivity index (χ0v) is 20.4. The third kappa shape index (κ3) is 6.11. The Morgan fingerprint density at radius 1 is 1.03 bits per heavy atom. The minimum Gasteiger partial charge on any atom is -0.369 e. The summed E-state index contributed by atoms with van der Waals surface area (Å²) in [5.74, 6) is -0.464. The zero-order valence-electron chi connectivity index (χ0n) is 18.9. The average molecular weight is 497 g/mol. The topological polar surface area (TPSA) is 47.6 Å². The lowest BCUT2D eigenvalue weighted by Gasteiger charge is -2.36. The molecule has 1 amide bonds. The summed E-state index contributed by atoms with van der Waals surface area (Å²) >= 11 is 11.4. The molecule has 0 spiro atoms. The fraction of sp³-hybridized carbons (Fsp3) is 0.231. The van der Waals surface area contributed by atoms with Crippen molar-refractivity contribution >= 4 is 46.2 Å². The fourth-order valence-corrected chi connectivity index (χ4v) is 4.25. The van der Waals surface area contributed by atoms with E-state index < -0.39 is 0 Å². The van der Waals surface area contributed by atoms with E-state index in [1.54, 1.807) is 24.3 Å². The van der Waals surface area contributed by atoms with Crippen LogP contribution >= 0.6 is 23.8 Å². The molecule has 3 aromatic rings. The van der Waals surface area contributed by atoms with E-state index in [9.17, 15) is 9.18 Å². The molecule has 1 saturated heterocycles. The number of hydrogen-bond donors (Lipinski definition) is 2. The van der Waals surface area contributed by atoms with Crippen LogP contribution < -0.4 is 15.5 Å². The van der Waals surface area contributed by atoms with Gasteiger partial charge >= 0.3 is 0 Å². The molecular weight excluding hydrogens is 471 g/mol. The molecule has 0 aromatic heterocycles. The van der Waals surface area contributed by atoms with Gasteiger partial charge in [0.05, 0.1) is 0 Å². The summed E-state index contributed by atoms with van der Waals surface area (Å²) in [4.78, 5) is 17.0. The first-order valence-electron chi connectivity index (χ1n) is 11.1. The molecule has 8 heteroatoms. The Labute approximate surface area is 209 Å². The molecule has 2 N–H and O–H groups in total. The van der Waals surface area contributed by atoms with Crippen molar-refractivity contribution < 1.29 is 9.18 Å². The number of aryl methyl sites for hydroxylation is 1. The van der Waals surface area contributed by atoms with Crippen LogP contribution in [0.4, 0.5) is 15.8 Å². The van der Waals surface area contributed by atoms with Gasteiger partial charge < -0.3 is 10.2 Å². The van der Waals surface area contributed by atoms with Crippen LogP contribution in [0.25, 0.3) is 0 Å². The van der Waals surface area contributed by atoms with E-state index in [0.29, 0.717) is 17.1 Å². The van der Waals surface area contributed by atoms with Gasteiger partial charge in [-0.15, -0.1) is 0 Å². The highest BCUT2D eigenvalue weighted by Gasteiger charge is 2.18. The van der Waals surface area contributed by atoms with E-state index in [2.05, 4.69) is 20.4 Å². The Kier molecular flexibility index (Phi) is 7.77. The van der Waals surface area contributed by atoms with Crippen molar-refractivity contribution in [2.45, 2.75) is 13.5 Å². The lowest BCUT2D eigenvalue weighted by Crippen LogP contribution is -2.46. The number of rotatable bonds is 5. The van der Waals surface area contributed by atoms with Crippen LogP contribution in [0.15, 0.2) is 66.7 Å². The summed E-state index contributed by atoms with van der Waals surface area (Å²) in [6.45, 7) is 5.98. The van der Waals surface area contributed by atoms with Crippen molar-refractivity contribution in [1.29, 1.82) is 0 Å². The minimum absolute atomic E-state index is 0.148. The lowest BCUT2D eigenvalue weighted by atomic mass is 10.1. The number of carbonyl (C=O) groups is 1. The Morgan fingerprint density at radius 2 is 1.74 bits per heavy atom. The van der Waals surface area contributed by atoms with Gasteiger partial charge in [-0.05, 0) is 67.2 Å². The molecule has 0 atom stereocenters. The van der Waals surface area contributed by atoms with Gasteiger partial charge in [0, 0.05) is 60.2 Å². The van der Waals surface area contributed by atoms with Crippen LogP contribution in [-0.4, -0.2) is 42.1 Å². The Morgan fingerprint density at radius 3 is 2.41 bits per heavy atom. The zero-order chi connectivity index (χ0) is 24.1. The maximum Gasteiger partial charge on any atom is 0.257 e. The van der Waals surface area contributed by atoms with Gasteiger partial charge in [0.15, 0.2) is 5.11 Å². The van der Waals surface area contributed by atoms with Crippen molar-refractivity contribution in [3.63, 3.8) is 0 Å². The number of nitrogens with zero attached hydrogens (tertiary/aromatic N) is 2. The monoisotopic (exact) mass is 496 g/mol. The van der Waals surface area contributed by atoms with E-state index in [-0.39, 0.29) is 16.8 Å². The highest BCUT2D eigenvalue weighted by Crippen LogP contribution is 2.21. The molecule has 0 aliphatic carbocycles. The molecule has 1 aliphatic heterocycles. The van der Waals surface area contributed by atoms with E-state index in [0.717, 1.165) is 48.7 Å². The van der Waals surface area contributed by atoms with Crippen molar-refractivity contribution in [3.05, 3.63) is 94.3 Å². The maximum absolute atomic E-state index is 13.9. The SMILES string of the molecule is Cc1ccc(C(=O)NC(=S)Nc2ccc(N3CCN(Cc4ccccc4F)CC3)cc2)cc1Cl. The highest BCUT2D eigenvalue weighted by atomic mass is 35.5. The Hall–Kier alpha value is -3.00. The van der Waals surface area contributed by atoms with Crippen LogP contribution in [0.3, 0.4) is 0 Å². The molecule has 1 aliphatic rings. The number of halogens is 2. The number of anilines is 2. The quantitative estimate of drug-likeness (QED) is 0.473. The maximum atomic E-state index is 13.9. The highest BCUT2D eigenvalue weighted by molar-refractivity contribution is 7.80. The second-order valence-electron chi connectivity index (χ2n) is 8.27. The standard InChI is InChI=1S/C26H26ClFN4OS/c1-18-6-7-19(16-23(18)27)25(33)30-26(34)29-21-8-10-22(11-9-21)32-14-12-31(13-15-32)17-20-4-2-3-5-24(20)28/h2-11,16H,12-15,17H2,1H3,(H2,29,30,33,34). The normalized spacial score (nSPS) is 14.0. The predicted octanol–water partition coefficient (Wildman–Crippen LogP) is 5.24. The van der Waals surface area contributed by atoms with Gasteiger partial charge in [0.1, 0.15) is 5.82 Å². The molecule has 0 unspecified atom stereocenters. The first-order valence-corrected chi connectivity index (χ1v) is 11.9. The van der Waals surface area contributed by atoms with Crippen molar-refractivity contribution in [2.24, 2.45) is 0 Å². The second-order valence-corrected chi connectivity index (χ2v) is 9.09. The van der Waals surface area contributed by atoms with Crippen molar-refractivity contribution in [2.75, 3.05) is 36.4 Å². The Bertz CT molecular complexity index is 1180. The second kappa shape index (κ2) is 11.0. The van der Waals surface area contributed by atoms with Gasteiger partial charge in [0.25, 0.3) is 5.91 Å². The van der Waals surface area contributed by atoms with Gasteiger partial charge in [-0.2, -0.15) is 0 Å². The largest absolute Gasteiger partial charge is 0.369 e. The molecule has 0 saturated carbocycles. The van der Waals surface area contributed by atoms with Crippen LogP contribution in [0.1, 0.15) is 21.5 Å². The van der Waals surface area contributed by atoms with Crippen molar-refractivity contribution in [1.82, 2.24) is 10.2 Å².